The zero-order chi connectivity index (χ0) is 14.6. The van der Waals surface area contributed by atoms with Gasteiger partial charge in [0.1, 0.15) is 19.1 Å². The Bertz CT molecular complexity index is 334. The van der Waals surface area contributed by atoms with E-state index in [4.69, 9.17) is 4.74 Å². The molecule has 2 N–H and O–H groups in total. The lowest BCUT2D eigenvalue weighted by Crippen LogP contribution is -2.39. The molecule has 0 saturated carbocycles. The van der Waals surface area contributed by atoms with Crippen LogP contribution in [0.15, 0.2) is 0 Å². The molecule has 0 bridgehead atoms. The predicted octanol–water partition coefficient (Wildman–Crippen LogP) is -0.0136. The van der Waals surface area contributed by atoms with Gasteiger partial charge in [-0.1, -0.05) is 5.06 Å². The summed E-state index contributed by atoms with van der Waals surface area (Å²) in [4.78, 5) is 27.4. The van der Waals surface area contributed by atoms with Crippen molar-refractivity contribution < 1.29 is 34.1 Å². The maximum atomic E-state index is 11.4. The number of hydrogen-bond donors (Lipinski definition) is 2. The molecule has 2 atom stereocenters. The second kappa shape index (κ2) is 6.18. The summed E-state index contributed by atoms with van der Waals surface area (Å²) in [7, 11) is 1.24. The van der Waals surface area contributed by atoms with Crippen LogP contribution in [0.4, 0.5) is 4.79 Å². The van der Waals surface area contributed by atoms with E-state index in [9.17, 15) is 19.8 Å². The van der Waals surface area contributed by atoms with Crippen molar-refractivity contribution in [3.05, 3.63) is 0 Å². The fraction of sp³-hybridized carbons (Fsp3) is 0.818. The third kappa shape index (κ3) is 4.05. The third-order valence-corrected chi connectivity index (χ3v) is 2.74. The van der Waals surface area contributed by atoms with Crippen molar-refractivity contribution in [3.8, 4) is 0 Å². The first kappa shape index (κ1) is 15.7. The molecular formula is C11H19NO7. The molecule has 0 aromatic carbocycles. The van der Waals surface area contributed by atoms with E-state index >= 15 is 0 Å². The Morgan fingerprint density at radius 1 is 1.26 bits per heavy atom. The second-order valence-corrected chi connectivity index (χ2v) is 4.90. The number of carbonyl (C=O) groups is 2. The van der Waals surface area contributed by atoms with Crippen LogP contribution >= 0.6 is 0 Å². The van der Waals surface area contributed by atoms with Gasteiger partial charge in [0.05, 0.1) is 12.5 Å². The summed E-state index contributed by atoms with van der Waals surface area (Å²) in [6.45, 7) is 2.86. The van der Waals surface area contributed by atoms with Crippen LogP contribution in [0.1, 0.15) is 26.7 Å². The van der Waals surface area contributed by atoms with Gasteiger partial charge >= 0.3 is 12.1 Å². The highest BCUT2D eigenvalue weighted by atomic mass is 16.8. The molecule has 8 nitrogen and oxygen atoms in total. The van der Waals surface area contributed by atoms with Gasteiger partial charge in [-0.3, -0.25) is 4.79 Å². The number of aliphatic hydroxyl groups is 2. The molecule has 0 aliphatic carbocycles. The Morgan fingerprint density at radius 2 is 1.79 bits per heavy atom. The number of methoxy groups -OCH3 is 1. The second-order valence-electron chi connectivity index (χ2n) is 4.90. The van der Waals surface area contributed by atoms with E-state index in [1.807, 2.05) is 0 Å². The molecule has 0 amide bonds. The highest BCUT2D eigenvalue weighted by Crippen LogP contribution is 2.22. The van der Waals surface area contributed by atoms with Gasteiger partial charge < -0.3 is 24.5 Å². The number of ether oxygens (including phenoxy) is 2. The number of carbonyl (C=O) groups excluding carboxylic acids is 2. The Balaban J connectivity index is 2.42. The van der Waals surface area contributed by atoms with Gasteiger partial charge in [-0.2, -0.15) is 0 Å². The van der Waals surface area contributed by atoms with E-state index in [1.54, 1.807) is 13.8 Å². The Morgan fingerprint density at radius 3 is 2.26 bits per heavy atom. The average Bonchev–Trinajstić information content (AvgIpc) is 2.67. The summed E-state index contributed by atoms with van der Waals surface area (Å²) in [5.41, 5.74) is -1.00. The zero-order valence-electron chi connectivity index (χ0n) is 11.2. The van der Waals surface area contributed by atoms with E-state index in [1.165, 1.54) is 7.11 Å². The lowest BCUT2D eigenvalue weighted by Gasteiger charge is -2.24. The van der Waals surface area contributed by atoms with Crippen LogP contribution in [0.3, 0.4) is 0 Å². The molecule has 19 heavy (non-hydrogen) atoms. The minimum Gasteiger partial charge on any atom is -0.469 e. The molecule has 1 rings (SSSR count). The molecule has 110 valence electrons. The highest BCUT2D eigenvalue weighted by molar-refractivity contribution is 5.76. The van der Waals surface area contributed by atoms with Gasteiger partial charge in [-0.15, -0.1) is 0 Å². The Labute approximate surface area is 110 Å². The Kier molecular flexibility index (Phi) is 5.10. The van der Waals surface area contributed by atoms with Crippen molar-refractivity contribution >= 4 is 12.1 Å². The van der Waals surface area contributed by atoms with Crippen molar-refractivity contribution in [2.45, 2.75) is 39.1 Å². The fourth-order valence-corrected chi connectivity index (χ4v) is 1.56. The Hall–Kier alpha value is -1.38. The zero-order valence-corrected chi connectivity index (χ0v) is 11.2. The summed E-state index contributed by atoms with van der Waals surface area (Å²) in [5.74, 6) is -0.526. The molecule has 1 fully saturated rings. The number of hydrogen-bond acceptors (Lipinski definition) is 8. The summed E-state index contributed by atoms with van der Waals surface area (Å²) < 4.78 is 9.32. The highest BCUT2D eigenvalue weighted by Gasteiger charge is 2.36. The van der Waals surface area contributed by atoms with Crippen LogP contribution in [0, 0.1) is 5.41 Å². The van der Waals surface area contributed by atoms with Crippen LogP contribution in [0.5, 0.6) is 0 Å². The minimum absolute atomic E-state index is 0.238. The summed E-state index contributed by atoms with van der Waals surface area (Å²) in [6.07, 6.45) is -2.63. The molecule has 0 aromatic heterocycles. The maximum absolute atomic E-state index is 11.4. The van der Waals surface area contributed by atoms with Crippen molar-refractivity contribution in [2.24, 2.45) is 5.41 Å². The van der Waals surface area contributed by atoms with E-state index in [0.717, 1.165) is 5.06 Å². The summed E-state index contributed by atoms with van der Waals surface area (Å²) in [6, 6.07) is 0. The molecule has 1 heterocycles. The molecule has 2 unspecified atom stereocenters. The van der Waals surface area contributed by atoms with Crippen molar-refractivity contribution in [3.63, 3.8) is 0 Å². The largest absolute Gasteiger partial charge is 0.528 e. The third-order valence-electron chi connectivity index (χ3n) is 2.74. The SMILES string of the molecule is COC(=O)C(C)(C)COC(=O)ON1C(O)CCC1O. The van der Waals surface area contributed by atoms with Crippen LogP contribution in [-0.4, -0.2) is 53.6 Å². The van der Waals surface area contributed by atoms with Gasteiger partial charge in [0.25, 0.3) is 0 Å². The van der Waals surface area contributed by atoms with Gasteiger partial charge in [0.15, 0.2) is 0 Å². The molecule has 8 heteroatoms. The van der Waals surface area contributed by atoms with Gasteiger partial charge in [-0.05, 0) is 26.7 Å². The normalized spacial score (nSPS) is 24.1. The van der Waals surface area contributed by atoms with Crippen LogP contribution in [0.25, 0.3) is 0 Å². The number of rotatable bonds is 4. The van der Waals surface area contributed by atoms with Gasteiger partial charge in [-0.25, -0.2) is 4.79 Å². The standard InChI is InChI=1S/C11H19NO7/c1-11(2,9(15)17-3)6-18-10(16)19-12-7(13)4-5-8(12)14/h7-8,13-14H,4-6H2,1-3H3. The monoisotopic (exact) mass is 277 g/mol. The summed E-state index contributed by atoms with van der Waals surface area (Å²) in [5, 5.41) is 19.6. The lowest BCUT2D eigenvalue weighted by atomic mass is 9.95. The number of hydroxylamine groups is 2. The minimum atomic E-state index is -1.10. The first-order valence-electron chi connectivity index (χ1n) is 5.85. The van der Waals surface area contributed by atoms with E-state index in [2.05, 4.69) is 9.57 Å². The van der Waals surface area contributed by atoms with Crippen LogP contribution in [-0.2, 0) is 19.1 Å². The van der Waals surface area contributed by atoms with Crippen molar-refractivity contribution in [1.29, 1.82) is 0 Å². The van der Waals surface area contributed by atoms with E-state index < -0.39 is 30.0 Å². The maximum Gasteiger partial charge on any atom is 0.528 e. The number of esters is 1. The lowest BCUT2D eigenvalue weighted by molar-refractivity contribution is -0.248. The molecular weight excluding hydrogens is 258 g/mol. The number of aliphatic hydroxyl groups excluding tert-OH is 2. The molecule has 1 saturated heterocycles. The summed E-state index contributed by atoms with van der Waals surface area (Å²) >= 11 is 0. The topological polar surface area (TPSA) is 106 Å². The molecule has 1 aliphatic heterocycles. The molecule has 0 aromatic rings. The first-order chi connectivity index (χ1) is 8.77. The van der Waals surface area contributed by atoms with Crippen molar-refractivity contribution in [1.82, 2.24) is 5.06 Å². The van der Waals surface area contributed by atoms with Gasteiger partial charge in [0.2, 0.25) is 0 Å². The average molecular weight is 277 g/mol. The predicted molar refractivity (Wildman–Crippen MR) is 61.3 cm³/mol. The number of nitrogens with zero attached hydrogens (tertiary/aromatic N) is 1. The van der Waals surface area contributed by atoms with Crippen LogP contribution in [0.2, 0.25) is 0 Å². The first-order valence-corrected chi connectivity index (χ1v) is 5.85. The molecule has 1 aliphatic rings. The fourth-order valence-electron chi connectivity index (χ4n) is 1.56. The van der Waals surface area contributed by atoms with E-state index in [-0.39, 0.29) is 6.61 Å². The van der Waals surface area contributed by atoms with Crippen molar-refractivity contribution in [2.75, 3.05) is 13.7 Å². The smallest absolute Gasteiger partial charge is 0.469 e. The van der Waals surface area contributed by atoms with E-state index in [0.29, 0.717) is 12.8 Å². The quantitative estimate of drug-likeness (QED) is 0.691. The van der Waals surface area contributed by atoms with Crippen LogP contribution < -0.4 is 0 Å². The molecule has 0 spiro atoms. The van der Waals surface area contributed by atoms with Gasteiger partial charge in [0, 0.05) is 0 Å². The molecule has 0 radical (unpaired) electrons.